The van der Waals surface area contributed by atoms with E-state index >= 15 is 0 Å². The number of carboxylic acid groups (broad SMARTS) is 1. The van der Waals surface area contributed by atoms with Crippen molar-refractivity contribution in [1.82, 2.24) is 4.90 Å². The average Bonchev–Trinajstić information content (AvgIpc) is 2.24. The first-order chi connectivity index (χ1) is 8.70. The summed E-state index contributed by atoms with van der Waals surface area (Å²) in [5.74, 6) is -4.20. The van der Waals surface area contributed by atoms with Crippen molar-refractivity contribution in [2.75, 3.05) is 13.6 Å². The largest absolute Gasteiger partial charge is 0.481 e. The molecule has 1 rings (SSSR count). The van der Waals surface area contributed by atoms with E-state index in [2.05, 4.69) is 0 Å². The van der Waals surface area contributed by atoms with Gasteiger partial charge in [-0.15, -0.1) is 0 Å². The Bertz CT molecular complexity index is 446. The molecule has 1 N–H and O–H groups in total. The van der Waals surface area contributed by atoms with Gasteiger partial charge in [-0.3, -0.25) is 4.79 Å². The van der Waals surface area contributed by atoms with E-state index in [0.717, 1.165) is 11.1 Å². The van der Waals surface area contributed by atoms with Gasteiger partial charge in [-0.05, 0) is 19.5 Å². The molecule has 1 aromatic carbocycles. The second kappa shape index (κ2) is 6.06. The summed E-state index contributed by atoms with van der Waals surface area (Å²) in [4.78, 5) is 12.0. The van der Waals surface area contributed by atoms with E-state index in [1.165, 1.54) is 11.9 Å². The van der Waals surface area contributed by atoms with Gasteiger partial charge in [-0.25, -0.2) is 0 Å². The highest BCUT2D eigenvalue weighted by Crippen LogP contribution is 2.27. The van der Waals surface area contributed by atoms with Crippen LogP contribution in [0.15, 0.2) is 24.3 Å². The highest BCUT2D eigenvalue weighted by atomic mass is 19.4. The molecule has 0 aliphatic rings. The van der Waals surface area contributed by atoms with Crippen LogP contribution in [0.1, 0.15) is 11.1 Å². The van der Waals surface area contributed by atoms with Crippen molar-refractivity contribution in [3.05, 3.63) is 35.4 Å². The molecule has 19 heavy (non-hydrogen) atoms. The lowest BCUT2D eigenvalue weighted by Crippen LogP contribution is -2.39. The SMILES string of the molecule is Cc1cccc(CN(C)CC(C(=O)O)C(F)(F)F)c1. The first kappa shape index (κ1) is 15.5. The third-order valence-electron chi connectivity index (χ3n) is 2.72. The Morgan fingerprint density at radius 1 is 1.42 bits per heavy atom. The molecule has 0 saturated heterocycles. The Morgan fingerprint density at radius 2 is 2.05 bits per heavy atom. The summed E-state index contributed by atoms with van der Waals surface area (Å²) in [6.45, 7) is 1.60. The van der Waals surface area contributed by atoms with Gasteiger partial charge in [0.15, 0.2) is 5.92 Å². The van der Waals surface area contributed by atoms with Crippen molar-refractivity contribution in [1.29, 1.82) is 0 Å². The van der Waals surface area contributed by atoms with Crippen LogP contribution in [0.2, 0.25) is 0 Å². The van der Waals surface area contributed by atoms with Crippen molar-refractivity contribution in [3.8, 4) is 0 Å². The predicted octanol–water partition coefficient (Wildman–Crippen LogP) is 2.69. The number of nitrogens with zero attached hydrogens (tertiary/aromatic N) is 1. The monoisotopic (exact) mass is 275 g/mol. The summed E-state index contributed by atoms with van der Waals surface area (Å²) in [6, 6.07) is 7.36. The molecule has 0 aliphatic carbocycles. The van der Waals surface area contributed by atoms with Crippen molar-refractivity contribution in [2.24, 2.45) is 5.92 Å². The smallest absolute Gasteiger partial charge is 0.403 e. The Labute approximate surface area is 109 Å². The normalized spacial score (nSPS) is 13.6. The zero-order valence-corrected chi connectivity index (χ0v) is 10.7. The average molecular weight is 275 g/mol. The molecule has 6 heteroatoms. The second-order valence-electron chi connectivity index (χ2n) is 4.62. The minimum atomic E-state index is -4.73. The quantitative estimate of drug-likeness (QED) is 0.898. The predicted molar refractivity (Wildman–Crippen MR) is 64.7 cm³/mol. The molecule has 1 atom stereocenters. The maximum Gasteiger partial charge on any atom is 0.403 e. The fraction of sp³-hybridized carbons (Fsp3) is 0.462. The van der Waals surface area contributed by atoms with E-state index in [1.807, 2.05) is 25.1 Å². The lowest BCUT2D eigenvalue weighted by atomic mass is 10.1. The Morgan fingerprint density at radius 3 is 2.53 bits per heavy atom. The third kappa shape index (κ3) is 4.90. The van der Waals surface area contributed by atoms with Crippen molar-refractivity contribution in [2.45, 2.75) is 19.6 Å². The van der Waals surface area contributed by atoms with E-state index < -0.39 is 24.6 Å². The van der Waals surface area contributed by atoms with Gasteiger partial charge >= 0.3 is 12.1 Å². The molecule has 106 valence electrons. The van der Waals surface area contributed by atoms with Crippen LogP contribution in [0.4, 0.5) is 13.2 Å². The van der Waals surface area contributed by atoms with E-state index in [0.29, 0.717) is 0 Å². The summed E-state index contributed by atoms with van der Waals surface area (Å²) in [7, 11) is 1.48. The van der Waals surface area contributed by atoms with E-state index in [-0.39, 0.29) is 6.54 Å². The van der Waals surface area contributed by atoms with Crippen LogP contribution in [0.25, 0.3) is 0 Å². The molecule has 0 radical (unpaired) electrons. The Kier molecular flexibility index (Phi) is 4.94. The molecule has 0 aliphatic heterocycles. The van der Waals surface area contributed by atoms with E-state index in [4.69, 9.17) is 5.11 Å². The van der Waals surface area contributed by atoms with E-state index in [9.17, 15) is 18.0 Å². The van der Waals surface area contributed by atoms with Gasteiger partial charge in [0.2, 0.25) is 0 Å². The highest BCUT2D eigenvalue weighted by Gasteiger charge is 2.45. The summed E-state index contributed by atoms with van der Waals surface area (Å²) >= 11 is 0. The third-order valence-corrected chi connectivity index (χ3v) is 2.72. The second-order valence-corrected chi connectivity index (χ2v) is 4.62. The Hall–Kier alpha value is -1.56. The molecule has 0 fully saturated rings. The molecule has 0 heterocycles. The minimum Gasteiger partial charge on any atom is -0.481 e. The first-order valence-electron chi connectivity index (χ1n) is 5.73. The van der Waals surface area contributed by atoms with Crippen LogP contribution in [-0.4, -0.2) is 35.7 Å². The summed E-state index contributed by atoms with van der Waals surface area (Å²) in [5, 5.41) is 8.62. The fourth-order valence-electron chi connectivity index (χ4n) is 1.82. The molecular weight excluding hydrogens is 259 g/mol. The van der Waals surface area contributed by atoms with Crippen LogP contribution in [0, 0.1) is 12.8 Å². The fourth-order valence-corrected chi connectivity index (χ4v) is 1.82. The van der Waals surface area contributed by atoms with Gasteiger partial charge in [0, 0.05) is 13.1 Å². The number of hydrogen-bond acceptors (Lipinski definition) is 2. The van der Waals surface area contributed by atoms with Crippen LogP contribution in [0.5, 0.6) is 0 Å². The molecule has 0 bridgehead atoms. The van der Waals surface area contributed by atoms with Gasteiger partial charge in [-0.1, -0.05) is 29.8 Å². The lowest BCUT2D eigenvalue weighted by molar-refractivity contribution is -0.196. The van der Waals surface area contributed by atoms with Crippen LogP contribution < -0.4 is 0 Å². The zero-order valence-electron chi connectivity index (χ0n) is 10.7. The maximum absolute atomic E-state index is 12.5. The number of aryl methyl sites for hydroxylation is 1. The molecular formula is C13H16F3NO2. The van der Waals surface area contributed by atoms with Gasteiger partial charge in [0.05, 0.1) is 0 Å². The zero-order chi connectivity index (χ0) is 14.6. The van der Waals surface area contributed by atoms with Gasteiger partial charge in [0.1, 0.15) is 0 Å². The summed E-state index contributed by atoms with van der Waals surface area (Å²) < 4.78 is 37.6. The van der Waals surface area contributed by atoms with Crippen LogP contribution in [0.3, 0.4) is 0 Å². The van der Waals surface area contributed by atoms with Gasteiger partial charge in [-0.2, -0.15) is 13.2 Å². The number of benzene rings is 1. The number of aliphatic carboxylic acids is 1. The van der Waals surface area contributed by atoms with Crippen molar-refractivity contribution >= 4 is 5.97 Å². The van der Waals surface area contributed by atoms with E-state index in [1.54, 1.807) is 6.07 Å². The topological polar surface area (TPSA) is 40.5 Å². The summed E-state index contributed by atoms with van der Waals surface area (Å²) in [5.41, 5.74) is 1.87. The van der Waals surface area contributed by atoms with Gasteiger partial charge in [0.25, 0.3) is 0 Å². The molecule has 0 aromatic heterocycles. The first-order valence-corrected chi connectivity index (χ1v) is 5.73. The molecule has 1 unspecified atom stereocenters. The molecule has 1 aromatic rings. The Balaban J connectivity index is 2.68. The number of halogens is 3. The van der Waals surface area contributed by atoms with Crippen LogP contribution >= 0.6 is 0 Å². The number of carboxylic acids is 1. The number of carbonyl (C=O) groups is 1. The molecule has 3 nitrogen and oxygen atoms in total. The highest BCUT2D eigenvalue weighted by molar-refractivity contribution is 5.71. The van der Waals surface area contributed by atoms with Crippen LogP contribution in [-0.2, 0) is 11.3 Å². The molecule has 0 amide bonds. The number of rotatable bonds is 5. The van der Waals surface area contributed by atoms with Crippen molar-refractivity contribution in [3.63, 3.8) is 0 Å². The lowest BCUT2D eigenvalue weighted by Gasteiger charge is -2.23. The van der Waals surface area contributed by atoms with Gasteiger partial charge < -0.3 is 10.0 Å². The summed E-state index contributed by atoms with van der Waals surface area (Å²) in [6.07, 6.45) is -4.73. The van der Waals surface area contributed by atoms with Crippen molar-refractivity contribution < 1.29 is 23.1 Å². The standard InChI is InChI=1S/C13H16F3NO2/c1-9-4-3-5-10(6-9)7-17(2)8-11(12(18)19)13(14,15)16/h3-6,11H,7-8H2,1-2H3,(H,18,19). The number of alkyl halides is 3. The maximum atomic E-state index is 12.5. The minimum absolute atomic E-state index is 0.279. The molecule has 0 spiro atoms. The molecule has 0 saturated carbocycles. The number of hydrogen-bond donors (Lipinski definition) is 1.